The average Bonchev–Trinajstić information content (AvgIpc) is 2.98. The molecule has 1 N–H and O–H groups in total. The Morgan fingerprint density at radius 3 is 2.80 bits per heavy atom. The van der Waals surface area contributed by atoms with E-state index >= 15 is 0 Å². The molecule has 0 aliphatic rings. The number of hydrogen-bond donors (Lipinski definition) is 1. The van der Waals surface area contributed by atoms with E-state index in [-0.39, 0.29) is 0 Å². The zero-order valence-electron chi connectivity index (χ0n) is 12.2. The SMILES string of the molecule is CCNCc1ccc(Cl)cc1N(C)C(C)c1cccs1. The summed E-state index contributed by atoms with van der Waals surface area (Å²) >= 11 is 7.97. The van der Waals surface area contributed by atoms with Crippen LogP contribution in [0.15, 0.2) is 35.7 Å². The van der Waals surface area contributed by atoms with Crippen molar-refractivity contribution in [2.45, 2.75) is 26.4 Å². The van der Waals surface area contributed by atoms with Gasteiger partial charge in [-0.3, -0.25) is 0 Å². The molecule has 0 fully saturated rings. The topological polar surface area (TPSA) is 15.3 Å². The smallest absolute Gasteiger partial charge is 0.0603 e. The van der Waals surface area contributed by atoms with E-state index in [1.54, 1.807) is 11.3 Å². The average molecular weight is 309 g/mol. The molecule has 4 heteroatoms. The number of nitrogens with one attached hydrogen (secondary N) is 1. The number of halogens is 1. The third-order valence-electron chi connectivity index (χ3n) is 3.53. The fraction of sp³-hybridized carbons (Fsp3) is 0.375. The van der Waals surface area contributed by atoms with Crippen LogP contribution >= 0.6 is 22.9 Å². The van der Waals surface area contributed by atoms with Crippen LogP contribution < -0.4 is 10.2 Å². The lowest BCUT2D eigenvalue weighted by atomic mass is 10.1. The molecule has 0 radical (unpaired) electrons. The number of rotatable bonds is 6. The fourth-order valence-electron chi connectivity index (χ4n) is 2.20. The van der Waals surface area contributed by atoms with Gasteiger partial charge in [0.25, 0.3) is 0 Å². The second kappa shape index (κ2) is 7.11. The van der Waals surface area contributed by atoms with Gasteiger partial charge >= 0.3 is 0 Å². The molecule has 2 rings (SSSR count). The Hall–Kier alpha value is -1.03. The van der Waals surface area contributed by atoms with Gasteiger partial charge in [0.15, 0.2) is 0 Å². The molecule has 1 unspecified atom stereocenters. The molecule has 0 bridgehead atoms. The molecule has 0 saturated carbocycles. The van der Waals surface area contributed by atoms with E-state index in [9.17, 15) is 0 Å². The molecule has 0 saturated heterocycles. The molecule has 0 aliphatic carbocycles. The van der Waals surface area contributed by atoms with Crippen LogP contribution in [0, 0.1) is 0 Å². The molecule has 1 heterocycles. The number of nitrogens with zero attached hydrogens (tertiary/aromatic N) is 1. The van der Waals surface area contributed by atoms with Gasteiger partial charge in [0.2, 0.25) is 0 Å². The van der Waals surface area contributed by atoms with Crippen LogP contribution in [-0.2, 0) is 6.54 Å². The Kier molecular flexibility index (Phi) is 5.46. The van der Waals surface area contributed by atoms with E-state index < -0.39 is 0 Å². The first-order valence-electron chi connectivity index (χ1n) is 6.88. The van der Waals surface area contributed by atoms with Gasteiger partial charge in [0, 0.05) is 29.2 Å². The van der Waals surface area contributed by atoms with E-state index in [1.165, 1.54) is 16.1 Å². The van der Waals surface area contributed by atoms with E-state index in [0.29, 0.717) is 6.04 Å². The minimum Gasteiger partial charge on any atom is -0.367 e. The highest BCUT2D eigenvalue weighted by Crippen LogP contribution is 2.32. The molecule has 1 atom stereocenters. The zero-order chi connectivity index (χ0) is 14.5. The monoisotopic (exact) mass is 308 g/mol. The van der Waals surface area contributed by atoms with Gasteiger partial charge in [-0.15, -0.1) is 11.3 Å². The maximum atomic E-state index is 6.18. The van der Waals surface area contributed by atoms with Crippen molar-refractivity contribution in [2.24, 2.45) is 0 Å². The van der Waals surface area contributed by atoms with E-state index in [2.05, 4.69) is 60.8 Å². The Morgan fingerprint density at radius 2 is 2.15 bits per heavy atom. The molecule has 0 amide bonds. The number of anilines is 1. The van der Waals surface area contributed by atoms with Crippen LogP contribution in [0.25, 0.3) is 0 Å². The molecule has 1 aromatic heterocycles. The number of benzene rings is 1. The zero-order valence-corrected chi connectivity index (χ0v) is 13.8. The Labute approximate surface area is 130 Å². The molecule has 0 spiro atoms. The Balaban J connectivity index is 2.27. The standard InChI is InChI=1S/C16H21ClN2S/c1-4-18-11-13-7-8-14(17)10-15(13)19(3)12(2)16-6-5-9-20-16/h5-10,12,18H,4,11H2,1-3H3. The van der Waals surface area contributed by atoms with Crippen LogP contribution in [0.4, 0.5) is 5.69 Å². The summed E-state index contributed by atoms with van der Waals surface area (Å²) in [6.07, 6.45) is 0. The van der Waals surface area contributed by atoms with Gasteiger partial charge in [-0.05, 0) is 42.6 Å². The van der Waals surface area contributed by atoms with E-state index in [1.807, 2.05) is 6.07 Å². The second-order valence-electron chi connectivity index (χ2n) is 4.86. The van der Waals surface area contributed by atoms with Gasteiger partial charge in [-0.25, -0.2) is 0 Å². The first-order chi connectivity index (χ1) is 9.63. The highest BCUT2D eigenvalue weighted by Gasteiger charge is 2.16. The van der Waals surface area contributed by atoms with Crippen molar-refractivity contribution in [3.05, 3.63) is 51.2 Å². The van der Waals surface area contributed by atoms with Crippen LogP contribution in [0.2, 0.25) is 5.02 Å². The Morgan fingerprint density at radius 1 is 1.35 bits per heavy atom. The van der Waals surface area contributed by atoms with E-state index in [0.717, 1.165) is 18.1 Å². The molecule has 0 aliphatic heterocycles. The molecular formula is C16H21ClN2S. The first-order valence-corrected chi connectivity index (χ1v) is 8.14. The summed E-state index contributed by atoms with van der Waals surface area (Å²) < 4.78 is 0. The first kappa shape index (κ1) is 15.4. The van der Waals surface area contributed by atoms with Crippen LogP contribution in [-0.4, -0.2) is 13.6 Å². The maximum absolute atomic E-state index is 6.18. The highest BCUT2D eigenvalue weighted by molar-refractivity contribution is 7.10. The second-order valence-corrected chi connectivity index (χ2v) is 6.27. The molecule has 2 nitrogen and oxygen atoms in total. The van der Waals surface area contributed by atoms with Crippen molar-refractivity contribution < 1.29 is 0 Å². The minimum atomic E-state index is 0.342. The molecule has 2 aromatic rings. The summed E-state index contributed by atoms with van der Waals surface area (Å²) in [7, 11) is 2.13. The van der Waals surface area contributed by atoms with Crippen molar-refractivity contribution in [1.82, 2.24) is 5.32 Å². The lowest BCUT2D eigenvalue weighted by Gasteiger charge is -2.28. The van der Waals surface area contributed by atoms with Crippen molar-refractivity contribution in [3.63, 3.8) is 0 Å². The van der Waals surface area contributed by atoms with E-state index in [4.69, 9.17) is 11.6 Å². The van der Waals surface area contributed by atoms with Gasteiger partial charge in [0.1, 0.15) is 0 Å². The highest BCUT2D eigenvalue weighted by atomic mass is 35.5. The molecule has 20 heavy (non-hydrogen) atoms. The third-order valence-corrected chi connectivity index (χ3v) is 4.81. The summed E-state index contributed by atoms with van der Waals surface area (Å²) in [6, 6.07) is 10.7. The predicted octanol–water partition coefficient (Wildman–Crippen LogP) is 4.71. The van der Waals surface area contributed by atoms with Crippen molar-refractivity contribution in [1.29, 1.82) is 0 Å². The van der Waals surface area contributed by atoms with Crippen LogP contribution in [0.1, 0.15) is 30.3 Å². The summed E-state index contributed by atoms with van der Waals surface area (Å²) in [5, 5.41) is 6.29. The Bertz CT molecular complexity index is 539. The molecular weight excluding hydrogens is 288 g/mol. The normalized spacial score (nSPS) is 12.4. The third kappa shape index (κ3) is 3.54. The van der Waals surface area contributed by atoms with Gasteiger partial charge < -0.3 is 10.2 Å². The van der Waals surface area contributed by atoms with Gasteiger partial charge in [-0.2, -0.15) is 0 Å². The van der Waals surface area contributed by atoms with Crippen LogP contribution in [0.3, 0.4) is 0 Å². The van der Waals surface area contributed by atoms with Crippen molar-refractivity contribution in [2.75, 3.05) is 18.5 Å². The summed E-state index contributed by atoms with van der Waals surface area (Å²) in [4.78, 5) is 3.66. The minimum absolute atomic E-state index is 0.342. The summed E-state index contributed by atoms with van der Waals surface area (Å²) in [5.41, 5.74) is 2.47. The lowest BCUT2D eigenvalue weighted by molar-refractivity contribution is 0.708. The largest absolute Gasteiger partial charge is 0.367 e. The molecule has 108 valence electrons. The van der Waals surface area contributed by atoms with Crippen molar-refractivity contribution in [3.8, 4) is 0 Å². The lowest BCUT2D eigenvalue weighted by Crippen LogP contribution is -2.23. The molecule has 1 aromatic carbocycles. The number of hydrogen-bond acceptors (Lipinski definition) is 3. The van der Waals surface area contributed by atoms with Gasteiger partial charge in [0.05, 0.1) is 6.04 Å². The maximum Gasteiger partial charge on any atom is 0.0603 e. The van der Waals surface area contributed by atoms with Crippen LogP contribution in [0.5, 0.6) is 0 Å². The fourth-order valence-corrected chi connectivity index (χ4v) is 3.20. The quantitative estimate of drug-likeness (QED) is 0.831. The predicted molar refractivity (Wildman–Crippen MR) is 90.0 cm³/mol. The van der Waals surface area contributed by atoms with Gasteiger partial charge in [-0.1, -0.05) is 30.7 Å². The summed E-state index contributed by atoms with van der Waals surface area (Å²) in [5.74, 6) is 0. The summed E-state index contributed by atoms with van der Waals surface area (Å²) in [6.45, 7) is 6.17. The van der Waals surface area contributed by atoms with Crippen molar-refractivity contribution >= 4 is 28.6 Å². The number of thiophene rings is 1.